The minimum atomic E-state index is -0.157. The summed E-state index contributed by atoms with van der Waals surface area (Å²) in [5.74, 6) is 0.550. The van der Waals surface area contributed by atoms with Crippen LogP contribution in [0.3, 0.4) is 0 Å². The lowest BCUT2D eigenvalue weighted by molar-refractivity contribution is -0.115. The SMILES string of the molecule is Cc1ccc(N=C2NC(=O)/C(=C/c3ccc(OCc4ccc(Cl)cc4Cl)cc3)S2)cc1C. The van der Waals surface area contributed by atoms with E-state index in [9.17, 15) is 4.79 Å². The Bertz CT molecular complexity index is 1240. The highest BCUT2D eigenvalue weighted by Gasteiger charge is 2.23. The van der Waals surface area contributed by atoms with E-state index in [1.807, 2.05) is 61.5 Å². The zero-order valence-electron chi connectivity index (χ0n) is 17.5. The molecule has 0 saturated carbocycles. The number of amidine groups is 1. The number of nitrogens with one attached hydrogen (secondary N) is 1. The summed E-state index contributed by atoms with van der Waals surface area (Å²) in [6.45, 7) is 4.44. The fourth-order valence-corrected chi connectivity index (χ4v) is 4.31. The zero-order valence-corrected chi connectivity index (χ0v) is 19.8. The maximum Gasteiger partial charge on any atom is 0.264 e. The molecule has 162 valence electrons. The van der Waals surface area contributed by atoms with Crippen LogP contribution in [0, 0.1) is 13.8 Å². The van der Waals surface area contributed by atoms with Gasteiger partial charge in [-0.3, -0.25) is 4.79 Å². The number of halogens is 2. The lowest BCUT2D eigenvalue weighted by Crippen LogP contribution is -2.19. The highest BCUT2D eigenvalue weighted by Crippen LogP contribution is 2.29. The van der Waals surface area contributed by atoms with E-state index in [2.05, 4.69) is 17.2 Å². The minimum absolute atomic E-state index is 0.157. The predicted octanol–water partition coefficient (Wildman–Crippen LogP) is 7.08. The summed E-state index contributed by atoms with van der Waals surface area (Å²) in [4.78, 5) is 17.5. The van der Waals surface area contributed by atoms with Crippen molar-refractivity contribution in [2.45, 2.75) is 20.5 Å². The normalized spacial score (nSPS) is 15.9. The Morgan fingerprint density at radius 1 is 1.00 bits per heavy atom. The first-order valence-corrected chi connectivity index (χ1v) is 11.5. The Morgan fingerprint density at radius 2 is 1.78 bits per heavy atom. The van der Waals surface area contributed by atoms with Crippen molar-refractivity contribution in [3.63, 3.8) is 0 Å². The van der Waals surface area contributed by atoms with Gasteiger partial charge in [-0.15, -0.1) is 0 Å². The third-order valence-corrected chi connectivity index (χ3v) is 6.46. The molecule has 1 saturated heterocycles. The fourth-order valence-electron chi connectivity index (χ4n) is 3.00. The van der Waals surface area contributed by atoms with Gasteiger partial charge in [0.25, 0.3) is 5.91 Å². The number of amides is 1. The monoisotopic (exact) mass is 482 g/mol. The molecule has 4 nitrogen and oxygen atoms in total. The lowest BCUT2D eigenvalue weighted by Gasteiger charge is -2.08. The number of aliphatic imine (C=N–C) groups is 1. The highest BCUT2D eigenvalue weighted by atomic mass is 35.5. The van der Waals surface area contributed by atoms with Crippen molar-refractivity contribution in [2.75, 3.05) is 0 Å². The maximum absolute atomic E-state index is 12.4. The van der Waals surface area contributed by atoms with Crippen molar-refractivity contribution in [3.8, 4) is 5.75 Å². The van der Waals surface area contributed by atoms with Crippen LogP contribution in [0.1, 0.15) is 22.3 Å². The Kier molecular flexibility index (Phi) is 6.89. The molecule has 32 heavy (non-hydrogen) atoms. The number of ether oxygens (including phenoxy) is 1. The van der Waals surface area contributed by atoms with E-state index in [4.69, 9.17) is 27.9 Å². The third kappa shape index (κ3) is 5.54. The van der Waals surface area contributed by atoms with Crippen molar-refractivity contribution in [1.29, 1.82) is 0 Å². The first kappa shape index (κ1) is 22.5. The zero-order chi connectivity index (χ0) is 22.7. The highest BCUT2D eigenvalue weighted by molar-refractivity contribution is 8.18. The van der Waals surface area contributed by atoms with Gasteiger partial charge in [-0.05, 0) is 84.8 Å². The minimum Gasteiger partial charge on any atom is -0.489 e. The number of hydrogen-bond donors (Lipinski definition) is 1. The van der Waals surface area contributed by atoms with Crippen LogP contribution in [0.2, 0.25) is 10.0 Å². The second-order valence-electron chi connectivity index (χ2n) is 7.34. The van der Waals surface area contributed by atoms with Gasteiger partial charge >= 0.3 is 0 Å². The second-order valence-corrected chi connectivity index (χ2v) is 9.22. The second kappa shape index (κ2) is 9.82. The van der Waals surface area contributed by atoms with Gasteiger partial charge in [-0.25, -0.2) is 4.99 Å². The van der Waals surface area contributed by atoms with Crippen LogP contribution in [0.4, 0.5) is 5.69 Å². The molecule has 0 atom stereocenters. The molecule has 3 aromatic rings. The predicted molar refractivity (Wildman–Crippen MR) is 134 cm³/mol. The van der Waals surface area contributed by atoms with Crippen LogP contribution >= 0.6 is 35.0 Å². The summed E-state index contributed by atoms with van der Waals surface area (Å²) in [6, 6.07) is 18.8. The summed E-state index contributed by atoms with van der Waals surface area (Å²) in [6.07, 6.45) is 1.84. The third-order valence-electron chi connectivity index (χ3n) is 4.96. The van der Waals surface area contributed by atoms with Gasteiger partial charge in [0.15, 0.2) is 5.17 Å². The largest absolute Gasteiger partial charge is 0.489 e. The van der Waals surface area contributed by atoms with E-state index in [0.717, 1.165) is 22.4 Å². The molecule has 1 heterocycles. The number of benzene rings is 3. The summed E-state index contributed by atoms with van der Waals surface area (Å²) >= 11 is 13.4. The van der Waals surface area contributed by atoms with Gasteiger partial charge in [0, 0.05) is 15.6 Å². The number of rotatable bonds is 5. The Morgan fingerprint density at radius 3 is 2.50 bits per heavy atom. The van der Waals surface area contributed by atoms with Gasteiger partial charge in [-0.1, -0.05) is 47.5 Å². The molecular formula is C25H20Cl2N2O2S. The summed E-state index contributed by atoms with van der Waals surface area (Å²) in [7, 11) is 0. The van der Waals surface area contributed by atoms with Gasteiger partial charge < -0.3 is 10.1 Å². The molecule has 7 heteroatoms. The van der Waals surface area contributed by atoms with E-state index in [1.165, 1.54) is 17.3 Å². The molecule has 1 aliphatic heterocycles. The Balaban J connectivity index is 1.41. The molecule has 1 aliphatic rings. The quantitative estimate of drug-likeness (QED) is 0.395. The average molecular weight is 483 g/mol. The molecule has 0 bridgehead atoms. The molecule has 4 rings (SSSR count). The standard InChI is InChI=1S/C25H20Cl2N2O2S/c1-15-3-8-20(11-16(15)2)28-25-29-24(30)23(32-25)12-17-4-9-21(10-5-17)31-14-18-6-7-19(26)13-22(18)27/h3-13H,14H2,1-2H3,(H,28,29,30)/b23-12-. The number of hydrogen-bond acceptors (Lipinski definition) is 4. The number of nitrogens with zero attached hydrogens (tertiary/aromatic N) is 1. The van der Waals surface area contributed by atoms with Crippen molar-refractivity contribution >= 4 is 57.8 Å². The molecule has 0 unspecified atom stereocenters. The van der Waals surface area contributed by atoms with Gasteiger partial charge in [0.1, 0.15) is 12.4 Å². The lowest BCUT2D eigenvalue weighted by atomic mass is 10.1. The Labute approximate surface area is 201 Å². The molecule has 1 amide bonds. The Hall–Kier alpha value is -2.73. The molecule has 1 N–H and O–H groups in total. The van der Waals surface area contributed by atoms with Crippen molar-refractivity contribution < 1.29 is 9.53 Å². The number of thioether (sulfide) groups is 1. The van der Waals surface area contributed by atoms with E-state index < -0.39 is 0 Å². The van der Waals surface area contributed by atoms with Crippen LogP contribution in [0.15, 0.2) is 70.6 Å². The molecule has 0 spiro atoms. The van der Waals surface area contributed by atoms with E-state index in [0.29, 0.717) is 32.5 Å². The van der Waals surface area contributed by atoms with E-state index >= 15 is 0 Å². The first-order valence-electron chi connectivity index (χ1n) is 9.91. The molecular weight excluding hydrogens is 463 g/mol. The van der Waals surface area contributed by atoms with Crippen LogP contribution in [0.5, 0.6) is 5.75 Å². The van der Waals surface area contributed by atoms with Gasteiger partial charge in [0.2, 0.25) is 0 Å². The maximum atomic E-state index is 12.4. The molecule has 3 aromatic carbocycles. The van der Waals surface area contributed by atoms with E-state index in [-0.39, 0.29) is 5.91 Å². The van der Waals surface area contributed by atoms with E-state index in [1.54, 1.807) is 12.1 Å². The molecule has 0 radical (unpaired) electrons. The van der Waals surface area contributed by atoms with Crippen LogP contribution in [0.25, 0.3) is 6.08 Å². The molecule has 1 fully saturated rings. The topological polar surface area (TPSA) is 50.7 Å². The van der Waals surface area contributed by atoms with Crippen molar-refractivity contribution in [1.82, 2.24) is 5.32 Å². The van der Waals surface area contributed by atoms with Crippen LogP contribution < -0.4 is 10.1 Å². The average Bonchev–Trinajstić information content (AvgIpc) is 3.10. The summed E-state index contributed by atoms with van der Waals surface area (Å²) in [5, 5.41) is 4.56. The van der Waals surface area contributed by atoms with Gasteiger partial charge in [-0.2, -0.15) is 0 Å². The molecule has 0 aliphatic carbocycles. The number of carbonyl (C=O) groups is 1. The van der Waals surface area contributed by atoms with Crippen molar-refractivity contribution in [2.24, 2.45) is 4.99 Å². The van der Waals surface area contributed by atoms with Crippen LogP contribution in [-0.2, 0) is 11.4 Å². The fraction of sp³-hybridized carbons (Fsp3) is 0.120. The van der Waals surface area contributed by atoms with Gasteiger partial charge in [0.05, 0.1) is 10.6 Å². The number of aryl methyl sites for hydroxylation is 2. The first-order chi connectivity index (χ1) is 15.4. The van der Waals surface area contributed by atoms with Crippen LogP contribution in [-0.4, -0.2) is 11.1 Å². The van der Waals surface area contributed by atoms with Crippen molar-refractivity contribution in [3.05, 3.63) is 97.9 Å². The smallest absolute Gasteiger partial charge is 0.264 e. The molecule has 0 aromatic heterocycles. The number of carbonyl (C=O) groups excluding carboxylic acids is 1. The summed E-state index contributed by atoms with van der Waals surface area (Å²) in [5.41, 5.74) is 4.95. The summed E-state index contributed by atoms with van der Waals surface area (Å²) < 4.78 is 5.81.